The molecule has 0 saturated carbocycles. The third-order valence-corrected chi connectivity index (χ3v) is 6.81. The number of benzene rings is 3. The largest absolute Gasteiger partial charge is 0.493 e. The number of para-hydroxylation sites is 1. The molecule has 5 rings (SSSR count). The van der Waals surface area contributed by atoms with Crippen molar-refractivity contribution in [1.29, 1.82) is 5.41 Å². The Labute approximate surface area is 225 Å². The molecule has 38 heavy (non-hydrogen) atoms. The van der Waals surface area contributed by atoms with Gasteiger partial charge in [0.2, 0.25) is 0 Å². The number of nitrogens with zero attached hydrogens (tertiary/aromatic N) is 2. The summed E-state index contributed by atoms with van der Waals surface area (Å²) in [6.45, 7) is 3.03. The van der Waals surface area contributed by atoms with Crippen LogP contribution in [0, 0.1) is 11.3 Å². The second-order valence-corrected chi connectivity index (χ2v) is 9.72. The smallest absolute Gasteiger partial charge is 0.283 e. The van der Waals surface area contributed by atoms with Crippen LogP contribution in [0.25, 0.3) is 11.8 Å². The number of amides is 1. The van der Waals surface area contributed by atoms with E-state index in [1.54, 1.807) is 24.2 Å². The van der Waals surface area contributed by atoms with E-state index in [0.717, 1.165) is 17.0 Å². The summed E-state index contributed by atoms with van der Waals surface area (Å²) in [5, 5.41) is 11.2. The number of fused-ring (bicyclic) bond motifs is 1. The van der Waals surface area contributed by atoms with E-state index in [1.165, 1.54) is 11.8 Å². The zero-order valence-electron chi connectivity index (χ0n) is 21.1. The SMILES string of the molecule is COc1cc(C=C2C(=N)N3C(c4ccccc4)=CSC3=NC2=O)ccc1OCC(C)COc1ccccc1. The molecule has 1 atom stereocenters. The number of carbonyl (C=O) groups is 1. The minimum absolute atomic E-state index is 0.0895. The van der Waals surface area contributed by atoms with Gasteiger partial charge in [-0.3, -0.25) is 15.1 Å². The first-order valence-electron chi connectivity index (χ1n) is 12.2. The fraction of sp³-hybridized carbons (Fsp3) is 0.167. The molecule has 0 bridgehead atoms. The monoisotopic (exact) mass is 525 g/mol. The number of hydrogen-bond donors (Lipinski definition) is 1. The predicted molar refractivity (Wildman–Crippen MR) is 152 cm³/mol. The van der Waals surface area contributed by atoms with Gasteiger partial charge in [0, 0.05) is 11.3 Å². The zero-order valence-corrected chi connectivity index (χ0v) is 21.9. The van der Waals surface area contributed by atoms with Crippen LogP contribution in [0.4, 0.5) is 0 Å². The number of amidine groups is 2. The average molecular weight is 526 g/mol. The Balaban J connectivity index is 1.29. The summed E-state index contributed by atoms with van der Waals surface area (Å²) < 4.78 is 17.4. The van der Waals surface area contributed by atoms with E-state index in [2.05, 4.69) is 11.9 Å². The lowest BCUT2D eigenvalue weighted by atomic mass is 10.1. The number of hydrogen-bond acceptors (Lipinski definition) is 6. The van der Waals surface area contributed by atoms with Gasteiger partial charge in [0.05, 0.1) is 31.6 Å². The molecule has 1 N–H and O–H groups in total. The molecule has 1 amide bonds. The molecule has 2 aliphatic rings. The normalized spacial score (nSPS) is 16.6. The summed E-state index contributed by atoms with van der Waals surface area (Å²) in [5.74, 6) is 1.76. The molecule has 0 radical (unpaired) electrons. The lowest BCUT2D eigenvalue weighted by Gasteiger charge is -2.27. The minimum Gasteiger partial charge on any atom is -0.493 e. The first-order valence-corrected chi connectivity index (χ1v) is 13.1. The maximum Gasteiger partial charge on any atom is 0.283 e. The molecule has 0 saturated heterocycles. The average Bonchev–Trinajstić information content (AvgIpc) is 3.38. The highest BCUT2D eigenvalue weighted by molar-refractivity contribution is 8.17. The Morgan fingerprint density at radius 3 is 2.42 bits per heavy atom. The van der Waals surface area contributed by atoms with Crippen molar-refractivity contribution in [2.24, 2.45) is 10.9 Å². The van der Waals surface area contributed by atoms with Crippen molar-refractivity contribution in [1.82, 2.24) is 4.90 Å². The fourth-order valence-corrected chi connectivity index (χ4v) is 4.90. The molecule has 8 heteroatoms. The number of aliphatic imine (C=N–C) groups is 1. The summed E-state index contributed by atoms with van der Waals surface area (Å²) in [6, 6.07) is 24.9. The minimum atomic E-state index is -0.442. The van der Waals surface area contributed by atoms with Gasteiger partial charge in [-0.25, -0.2) is 0 Å². The van der Waals surface area contributed by atoms with Gasteiger partial charge in [0.15, 0.2) is 16.7 Å². The van der Waals surface area contributed by atoms with Gasteiger partial charge in [-0.1, -0.05) is 73.3 Å². The van der Waals surface area contributed by atoms with Gasteiger partial charge in [0.25, 0.3) is 5.91 Å². The second kappa shape index (κ2) is 11.4. The van der Waals surface area contributed by atoms with Crippen molar-refractivity contribution >= 4 is 40.4 Å². The lowest BCUT2D eigenvalue weighted by Crippen LogP contribution is -2.38. The van der Waals surface area contributed by atoms with E-state index in [1.807, 2.05) is 78.2 Å². The molecule has 3 aromatic carbocycles. The summed E-state index contributed by atoms with van der Waals surface area (Å²) in [7, 11) is 1.57. The van der Waals surface area contributed by atoms with Crippen molar-refractivity contribution in [2.75, 3.05) is 20.3 Å². The van der Waals surface area contributed by atoms with Gasteiger partial charge in [-0.05, 0) is 41.5 Å². The first-order chi connectivity index (χ1) is 18.5. The van der Waals surface area contributed by atoms with Gasteiger partial charge < -0.3 is 14.2 Å². The second-order valence-electron chi connectivity index (χ2n) is 8.88. The Morgan fingerprint density at radius 2 is 1.68 bits per heavy atom. The molecule has 0 fully saturated rings. The van der Waals surface area contributed by atoms with E-state index in [9.17, 15) is 4.79 Å². The maximum absolute atomic E-state index is 12.8. The molecule has 192 valence electrons. The van der Waals surface area contributed by atoms with Crippen LogP contribution in [0.2, 0.25) is 0 Å². The van der Waals surface area contributed by atoms with Gasteiger partial charge in [0.1, 0.15) is 11.6 Å². The highest BCUT2D eigenvalue weighted by atomic mass is 32.2. The predicted octanol–water partition coefficient (Wildman–Crippen LogP) is 6.09. The summed E-state index contributed by atoms with van der Waals surface area (Å²) in [5.41, 5.74) is 2.69. The van der Waals surface area contributed by atoms with E-state index in [-0.39, 0.29) is 17.3 Å². The first kappa shape index (κ1) is 25.4. The molecule has 7 nitrogen and oxygen atoms in total. The fourth-order valence-electron chi connectivity index (χ4n) is 4.01. The number of methoxy groups -OCH3 is 1. The van der Waals surface area contributed by atoms with E-state index < -0.39 is 5.91 Å². The van der Waals surface area contributed by atoms with Crippen LogP contribution in [-0.2, 0) is 4.79 Å². The van der Waals surface area contributed by atoms with Crippen LogP contribution in [-0.4, -0.2) is 42.1 Å². The molecular formula is C30H27N3O4S. The van der Waals surface area contributed by atoms with Crippen LogP contribution in [0.1, 0.15) is 18.1 Å². The number of thioether (sulfide) groups is 1. The maximum atomic E-state index is 12.8. The van der Waals surface area contributed by atoms with Crippen molar-refractivity contribution < 1.29 is 19.0 Å². The molecule has 0 aliphatic carbocycles. The standard InChI is InChI=1S/C30H27N3O4S/c1-20(17-36-23-11-7-4-8-12-23)18-37-26-14-13-21(16-27(26)35-2)15-24-28(31)33-25(22-9-5-3-6-10-22)19-38-30(33)32-29(24)34/h3-16,19-20,31H,17-18H2,1-2H3. The number of carbonyl (C=O) groups excluding carboxylic acids is 1. The lowest BCUT2D eigenvalue weighted by molar-refractivity contribution is -0.114. The molecular weight excluding hydrogens is 498 g/mol. The van der Waals surface area contributed by atoms with Crippen molar-refractivity contribution in [2.45, 2.75) is 6.92 Å². The molecule has 3 aromatic rings. The molecule has 0 aromatic heterocycles. The summed E-state index contributed by atoms with van der Waals surface area (Å²) >= 11 is 1.34. The Hall–Kier alpha value is -4.30. The zero-order chi connectivity index (χ0) is 26.5. The van der Waals surface area contributed by atoms with E-state index >= 15 is 0 Å². The highest BCUT2D eigenvalue weighted by Crippen LogP contribution is 2.37. The van der Waals surface area contributed by atoms with Crippen molar-refractivity contribution in [3.8, 4) is 17.2 Å². The van der Waals surface area contributed by atoms with Crippen LogP contribution in [0.3, 0.4) is 0 Å². The van der Waals surface area contributed by atoms with Gasteiger partial charge >= 0.3 is 0 Å². The van der Waals surface area contributed by atoms with Crippen LogP contribution < -0.4 is 14.2 Å². The Kier molecular flexibility index (Phi) is 7.60. The van der Waals surface area contributed by atoms with E-state index in [0.29, 0.717) is 35.4 Å². The van der Waals surface area contributed by atoms with Gasteiger partial charge in [-0.2, -0.15) is 4.99 Å². The summed E-state index contributed by atoms with van der Waals surface area (Å²) in [4.78, 5) is 18.8. The van der Waals surface area contributed by atoms with Crippen molar-refractivity contribution in [3.63, 3.8) is 0 Å². The molecule has 1 unspecified atom stereocenters. The Morgan fingerprint density at radius 1 is 0.974 bits per heavy atom. The number of rotatable bonds is 9. The van der Waals surface area contributed by atoms with Crippen LogP contribution in [0.15, 0.2) is 94.8 Å². The van der Waals surface area contributed by atoms with Crippen LogP contribution >= 0.6 is 11.8 Å². The highest BCUT2D eigenvalue weighted by Gasteiger charge is 2.36. The number of nitrogens with one attached hydrogen (secondary N) is 1. The third-order valence-electron chi connectivity index (χ3n) is 5.98. The van der Waals surface area contributed by atoms with Crippen LogP contribution in [0.5, 0.6) is 17.2 Å². The van der Waals surface area contributed by atoms with E-state index in [4.69, 9.17) is 19.6 Å². The summed E-state index contributed by atoms with van der Waals surface area (Å²) in [6.07, 6.45) is 1.67. The molecule has 2 heterocycles. The quantitative estimate of drug-likeness (QED) is 0.340. The Bertz CT molecular complexity index is 1430. The molecule has 2 aliphatic heterocycles. The van der Waals surface area contributed by atoms with Gasteiger partial charge in [-0.15, -0.1) is 0 Å². The number of ether oxygens (including phenoxy) is 3. The van der Waals surface area contributed by atoms with Crippen molar-refractivity contribution in [3.05, 3.63) is 101 Å². The third kappa shape index (κ3) is 5.50. The molecule has 0 spiro atoms. The topological polar surface area (TPSA) is 84.2 Å².